The smallest absolute Gasteiger partial charge is 0.251 e. The summed E-state index contributed by atoms with van der Waals surface area (Å²) < 4.78 is 5.57. The number of nitrogens with one attached hydrogen (secondary N) is 3. The molecule has 1 aliphatic heterocycles. The molecule has 2 atom stereocenters. The zero-order valence-corrected chi connectivity index (χ0v) is 17.9. The van der Waals surface area contributed by atoms with Gasteiger partial charge in [0.1, 0.15) is 0 Å². The highest BCUT2D eigenvalue weighted by Crippen LogP contribution is 2.13. The number of hydrogen-bond donors (Lipinski definition) is 3. The molecule has 0 bridgehead atoms. The van der Waals surface area contributed by atoms with E-state index in [0.717, 1.165) is 37.5 Å². The van der Waals surface area contributed by atoms with Crippen LogP contribution in [0.4, 0.5) is 0 Å². The molecule has 2 unspecified atom stereocenters. The minimum atomic E-state index is -0.0703. The standard InChI is InChI=1S/C24H32N4O2/c1-3-25-24(28-18(2)20-10-5-4-6-11-20)27-16-19-9-7-12-21(15-19)23(29)26-17-22-13-8-14-30-22/h4-7,9-12,15,18,22H,3,8,13-14,16-17H2,1-2H3,(H,26,29)(H2,25,27,28). The van der Waals surface area contributed by atoms with Crippen LogP contribution in [-0.4, -0.2) is 37.7 Å². The predicted molar refractivity (Wildman–Crippen MR) is 121 cm³/mol. The van der Waals surface area contributed by atoms with E-state index in [1.54, 1.807) is 0 Å². The molecule has 1 fully saturated rings. The van der Waals surface area contributed by atoms with Crippen molar-refractivity contribution < 1.29 is 9.53 Å². The van der Waals surface area contributed by atoms with E-state index in [-0.39, 0.29) is 18.1 Å². The van der Waals surface area contributed by atoms with Crippen LogP contribution in [0.1, 0.15) is 54.2 Å². The zero-order valence-electron chi connectivity index (χ0n) is 17.9. The molecule has 0 saturated carbocycles. The third-order valence-electron chi connectivity index (χ3n) is 5.12. The van der Waals surface area contributed by atoms with Crippen molar-refractivity contribution in [2.75, 3.05) is 19.7 Å². The monoisotopic (exact) mass is 408 g/mol. The molecular formula is C24H32N4O2. The topological polar surface area (TPSA) is 74.8 Å². The van der Waals surface area contributed by atoms with Gasteiger partial charge in [0.25, 0.3) is 5.91 Å². The van der Waals surface area contributed by atoms with Crippen molar-refractivity contribution in [2.24, 2.45) is 4.99 Å². The van der Waals surface area contributed by atoms with Gasteiger partial charge in [-0.25, -0.2) is 4.99 Å². The van der Waals surface area contributed by atoms with Crippen LogP contribution in [-0.2, 0) is 11.3 Å². The second-order valence-corrected chi connectivity index (χ2v) is 7.52. The fourth-order valence-electron chi connectivity index (χ4n) is 3.45. The van der Waals surface area contributed by atoms with E-state index in [0.29, 0.717) is 18.7 Å². The predicted octanol–water partition coefficient (Wildman–Crippen LogP) is 3.41. The first-order chi connectivity index (χ1) is 14.7. The molecule has 1 saturated heterocycles. The van der Waals surface area contributed by atoms with Gasteiger partial charge in [-0.05, 0) is 49.9 Å². The molecule has 2 aromatic carbocycles. The summed E-state index contributed by atoms with van der Waals surface area (Å²) in [6.45, 7) is 6.78. The van der Waals surface area contributed by atoms with Crippen molar-refractivity contribution in [3.63, 3.8) is 0 Å². The minimum Gasteiger partial charge on any atom is -0.376 e. The molecule has 0 spiro atoms. The highest BCUT2D eigenvalue weighted by Gasteiger charge is 2.16. The number of amides is 1. The summed E-state index contributed by atoms with van der Waals surface area (Å²) >= 11 is 0. The van der Waals surface area contributed by atoms with Crippen LogP contribution in [0.25, 0.3) is 0 Å². The summed E-state index contributed by atoms with van der Waals surface area (Å²) in [7, 11) is 0. The highest BCUT2D eigenvalue weighted by atomic mass is 16.5. The largest absolute Gasteiger partial charge is 0.376 e. The Hall–Kier alpha value is -2.86. The number of hydrogen-bond acceptors (Lipinski definition) is 3. The van der Waals surface area contributed by atoms with Crippen LogP contribution in [0, 0.1) is 0 Å². The second kappa shape index (κ2) is 11.4. The molecule has 6 nitrogen and oxygen atoms in total. The van der Waals surface area contributed by atoms with Gasteiger partial charge in [-0.2, -0.15) is 0 Å². The first-order valence-electron chi connectivity index (χ1n) is 10.7. The molecule has 160 valence electrons. The summed E-state index contributed by atoms with van der Waals surface area (Å²) in [6, 6.07) is 18.0. The molecule has 1 aliphatic rings. The zero-order chi connectivity index (χ0) is 21.2. The summed E-state index contributed by atoms with van der Waals surface area (Å²) in [5.41, 5.74) is 2.84. The lowest BCUT2D eigenvalue weighted by Gasteiger charge is -2.18. The Morgan fingerprint density at radius 2 is 2.00 bits per heavy atom. The van der Waals surface area contributed by atoms with Crippen molar-refractivity contribution in [3.05, 3.63) is 71.3 Å². The number of aliphatic imine (C=N–C) groups is 1. The molecule has 0 aromatic heterocycles. The van der Waals surface area contributed by atoms with Crippen molar-refractivity contribution in [1.29, 1.82) is 0 Å². The molecule has 3 N–H and O–H groups in total. The van der Waals surface area contributed by atoms with Crippen LogP contribution < -0.4 is 16.0 Å². The lowest BCUT2D eigenvalue weighted by Crippen LogP contribution is -2.38. The van der Waals surface area contributed by atoms with Gasteiger partial charge in [-0.1, -0.05) is 42.5 Å². The number of carbonyl (C=O) groups excluding carboxylic acids is 1. The molecule has 1 amide bonds. The third-order valence-corrected chi connectivity index (χ3v) is 5.12. The molecule has 0 radical (unpaired) electrons. The number of carbonyl (C=O) groups is 1. The lowest BCUT2D eigenvalue weighted by atomic mass is 10.1. The molecule has 0 aliphatic carbocycles. The van der Waals surface area contributed by atoms with E-state index in [1.165, 1.54) is 5.56 Å². The summed E-state index contributed by atoms with van der Waals surface area (Å²) in [6.07, 6.45) is 2.22. The summed E-state index contributed by atoms with van der Waals surface area (Å²) in [5, 5.41) is 9.70. The van der Waals surface area contributed by atoms with Crippen LogP contribution in [0.5, 0.6) is 0 Å². The Kier molecular flexibility index (Phi) is 8.27. The maximum absolute atomic E-state index is 12.5. The van der Waals surface area contributed by atoms with Crippen LogP contribution in [0.2, 0.25) is 0 Å². The Morgan fingerprint density at radius 3 is 2.73 bits per heavy atom. The van der Waals surface area contributed by atoms with Crippen LogP contribution in [0.3, 0.4) is 0 Å². The van der Waals surface area contributed by atoms with Gasteiger partial charge < -0.3 is 20.7 Å². The Balaban J connectivity index is 1.59. The van der Waals surface area contributed by atoms with Gasteiger partial charge in [0, 0.05) is 25.3 Å². The van der Waals surface area contributed by atoms with E-state index in [2.05, 4.69) is 35.0 Å². The molecule has 6 heteroatoms. The van der Waals surface area contributed by atoms with Crippen molar-refractivity contribution in [3.8, 4) is 0 Å². The van der Waals surface area contributed by atoms with Gasteiger partial charge in [0.05, 0.1) is 18.7 Å². The highest BCUT2D eigenvalue weighted by molar-refractivity contribution is 5.94. The Morgan fingerprint density at radius 1 is 1.17 bits per heavy atom. The van der Waals surface area contributed by atoms with Gasteiger partial charge in [-0.15, -0.1) is 0 Å². The van der Waals surface area contributed by atoms with E-state index in [1.807, 2.05) is 49.4 Å². The average Bonchev–Trinajstić information content (AvgIpc) is 3.30. The summed E-state index contributed by atoms with van der Waals surface area (Å²) in [4.78, 5) is 17.2. The average molecular weight is 409 g/mol. The molecule has 2 aromatic rings. The molecule has 30 heavy (non-hydrogen) atoms. The first-order valence-corrected chi connectivity index (χ1v) is 10.7. The van der Waals surface area contributed by atoms with Gasteiger partial charge in [0.15, 0.2) is 5.96 Å². The van der Waals surface area contributed by atoms with Gasteiger partial charge >= 0.3 is 0 Å². The van der Waals surface area contributed by atoms with Gasteiger partial charge in [0.2, 0.25) is 0 Å². The van der Waals surface area contributed by atoms with E-state index >= 15 is 0 Å². The number of benzene rings is 2. The quantitative estimate of drug-likeness (QED) is 0.462. The van der Waals surface area contributed by atoms with Crippen LogP contribution in [0.15, 0.2) is 59.6 Å². The number of nitrogens with zero attached hydrogens (tertiary/aromatic N) is 1. The molecule has 1 heterocycles. The fourth-order valence-corrected chi connectivity index (χ4v) is 3.45. The SMILES string of the molecule is CCNC(=NCc1cccc(C(=O)NCC2CCCO2)c1)NC(C)c1ccccc1. The number of rotatable bonds is 8. The Labute approximate surface area is 179 Å². The van der Waals surface area contributed by atoms with Gasteiger partial charge in [-0.3, -0.25) is 4.79 Å². The second-order valence-electron chi connectivity index (χ2n) is 7.52. The summed E-state index contributed by atoms with van der Waals surface area (Å²) in [5.74, 6) is 0.682. The molecular weight excluding hydrogens is 376 g/mol. The maximum atomic E-state index is 12.5. The Bertz CT molecular complexity index is 832. The van der Waals surface area contributed by atoms with Crippen LogP contribution >= 0.6 is 0 Å². The van der Waals surface area contributed by atoms with E-state index in [4.69, 9.17) is 9.73 Å². The van der Waals surface area contributed by atoms with Crippen molar-refractivity contribution in [2.45, 2.75) is 45.4 Å². The first kappa shape index (κ1) is 21.8. The van der Waals surface area contributed by atoms with E-state index in [9.17, 15) is 4.79 Å². The van der Waals surface area contributed by atoms with Crippen molar-refractivity contribution in [1.82, 2.24) is 16.0 Å². The van der Waals surface area contributed by atoms with E-state index < -0.39 is 0 Å². The third kappa shape index (κ3) is 6.59. The maximum Gasteiger partial charge on any atom is 0.251 e. The molecule has 3 rings (SSSR count). The van der Waals surface area contributed by atoms with Crippen molar-refractivity contribution >= 4 is 11.9 Å². The number of guanidine groups is 1. The number of ether oxygens (including phenoxy) is 1. The fraction of sp³-hybridized carbons (Fsp3) is 0.417. The lowest BCUT2D eigenvalue weighted by molar-refractivity contribution is 0.0857. The normalized spacial score (nSPS) is 17.4. The minimum absolute atomic E-state index is 0.0703.